The molecule has 0 fully saturated rings. The molecule has 66 valence electrons. The van der Waals surface area contributed by atoms with Crippen LogP contribution in [-0.2, 0) is 0 Å². The van der Waals surface area contributed by atoms with E-state index in [0.717, 1.165) is 5.56 Å². The quantitative estimate of drug-likeness (QED) is 0.649. The van der Waals surface area contributed by atoms with E-state index in [2.05, 4.69) is 0 Å². The van der Waals surface area contributed by atoms with E-state index in [1.165, 1.54) is 0 Å². The summed E-state index contributed by atoms with van der Waals surface area (Å²) >= 11 is 11.6. The molecule has 0 radical (unpaired) electrons. The predicted molar refractivity (Wildman–Crippen MR) is 55.5 cm³/mol. The summed E-state index contributed by atoms with van der Waals surface area (Å²) in [6.45, 7) is 1.68. The Hall–Kier alpha value is -0.970. The molecule has 0 aliphatic heterocycles. The highest BCUT2D eigenvalue weighted by molar-refractivity contribution is 6.49. The summed E-state index contributed by atoms with van der Waals surface area (Å²) in [6.07, 6.45) is 0. The van der Waals surface area contributed by atoms with Gasteiger partial charge in [0.05, 0.1) is 11.1 Å². The fourth-order valence-electron chi connectivity index (χ4n) is 0.862. The second-order valence-electron chi connectivity index (χ2n) is 2.56. The smallest absolute Gasteiger partial charge is 0.0959 e. The first-order valence-corrected chi connectivity index (χ1v) is 4.43. The van der Waals surface area contributed by atoms with Crippen LogP contribution in [0.3, 0.4) is 0 Å². The molecule has 1 aromatic carbocycles. The van der Waals surface area contributed by atoms with Gasteiger partial charge in [0.2, 0.25) is 0 Å². The van der Waals surface area contributed by atoms with Gasteiger partial charge < -0.3 is 0 Å². The molecule has 0 aromatic heterocycles. The molecule has 13 heavy (non-hydrogen) atoms. The first-order valence-electron chi connectivity index (χ1n) is 3.67. The Morgan fingerprint density at radius 2 is 1.85 bits per heavy atom. The van der Waals surface area contributed by atoms with Gasteiger partial charge in [-0.2, -0.15) is 5.26 Å². The molecule has 0 N–H and O–H groups in total. The third-order valence-electron chi connectivity index (χ3n) is 1.59. The van der Waals surface area contributed by atoms with Crippen LogP contribution in [-0.4, -0.2) is 0 Å². The molecule has 1 aromatic rings. The first kappa shape index (κ1) is 10.1. The van der Waals surface area contributed by atoms with Gasteiger partial charge in [-0.05, 0) is 24.6 Å². The van der Waals surface area contributed by atoms with Gasteiger partial charge in [0.15, 0.2) is 0 Å². The number of rotatable bonds is 1. The normalized spacial score (nSPS) is 11.8. The minimum atomic E-state index is 0.471. The summed E-state index contributed by atoms with van der Waals surface area (Å²) in [4.78, 5) is 0. The lowest BCUT2D eigenvalue weighted by molar-refractivity contribution is 1.45. The SMILES string of the molecule is CC(C#N)=C(Cl)c1ccc(Cl)cc1. The number of halogens is 2. The maximum absolute atomic E-state index is 8.60. The van der Waals surface area contributed by atoms with E-state index in [0.29, 0.717) is 15.6 Å². The summed E-state index contributed by atoms with van der Waals surface area (Å²) in [5.41, 5.74) is 1.31. The molecule has 0 aliphatic carbocycles. The van der Waals surface area contributed by atoms with Crippen molar-refractivity contribution < 1.29 is 0 Å². The Kier molecular flexibility index (Phi) is 3.36. The van der Waals surface area contributed by atoms with Gasteiger partial charge in [-0.25, -0.2) is 0 Å². The zero-order valence-electron chi connectivity index (χ0n) is 7.01. The molecule has 1 nitrogen and oxygen atoms in total. The summed E-state index contributed by atoms with van der Waals surface area (Å²) in [7, 11) is 0. The molecule has 0 heterocycles. The number of allylic oxidation sites excluding steroid dienone is 1. The zero-order chi connectivity index (χ0) is 9.84. The van der Waals surface area contributed by atoms with Crippen molar-refractivity contribution in [3.05, 3.63) is 40.4 Å². The number of benzene rings is 1. The van der Waals surface area contributed by atoms with Gasteiger partial charge in [-0.3, -0.25) is 0 Å². The average Bonchev–Trinajstić information content (AvgIpc) is 2.17. The van der Waals surface area contributed by atoms with Crippen LogP contribution in [0, 0.1) is 11.3 Å². The molecule has 0 bridgehead atoms. The van der Waals surface area contributed by atoms with Crippen LogP contribution in [0.1, 0.15) is 12.5 Å². The van der Waals surface area contributed by atoms with Gasteiger partial charge in [-0.15, -0.1) is 0 Å². The molecule has 0 saturated heterocycles. The molecule has 0 spiro atoms. The Morgan fingerprint density at radius 1 is 1.31 bits per heavy atom. The fraction of sp³-hybridized carbons (Fsp3) is 0.100. The van der Waals surface area contributed by atoms with Crippen molar-refractivity contribution in [1.82, 2.24) is 0 Å². The Morgan fingerprint density at radius 3 is 2.31 bits per heavy atom. The molecule has 0 aliphatic rings. The van der Waals surface area contributed by atoms with E-state index in [1.807, 2.05) is 6.07 Å². The molecule has 0 unspecified atom stereocenters. The predicted octanol–water partition coefficient (Wildman–Crippen LogP) is 3.83. The fourth-order valence-corrected chi connectivity index (χ4v) is 1.16. The molecule has 0 saturated carbocycles. The van der Waals surface area contributed by atoms with Gasteiger partial charge in [0.25, 0.3) is 0 Å². The highest BCUT2D eigenvalue weighted by Crippen LogP contribution is 2.23. The van der Waals surface area contributed by atoms with E-state index in [-0.39, 0.29) is 0 Å². The van der Waals surface area contributed by atoms with Crippen molar-refractivity contribution in [2.75, 3.05) is 0 Å². The number of hydrogen-bond donors (Lipinski definition) is 0. The summed E-state index contributed by atoms with van der Waals surface area (Å²) < 4.78 is 0. The highest BCUT2D eigenvalue weighted by atomic mass is 35.5. The lowest BCUT2D eigenvalue weighted by Gasteiger charge is -1.99. The van der Waals surface area contributed by atoms with Crippen LogP contribution >= 0.6 is 23.2 Å². The summed E-state index contributed by atoms with van der Waals surface area (Å²) in [5, 5.41) is 9.73. The van der Waals surface area contributed by atoms with Crippen LogP contribution < -0.4 is 0 Å². The second-order valence-corrected chi connectivity index (χ2v) is 3.37. The summed E-state index contributed by atoms with van der Waals surface area (Å²) in [6, 6.07) is 9.04. The Labute approximate surface area is 87.2 Å². The van der Waals surface area contributed by atoms with E-state index in [9.17, 15) is 0 Å². The van der Waals surface area contributed by atoms with Gasteiger partial charge >= 0.3 is 0 Å². The van der Waals surface area contributed by atoms with E-state index in [1.54, 1.807) is 31.2 Å². The number of nitrogens with zero attached hydrogens (tertiary/aromatic N) is 1. The van der Waals surface area contributed by atoms with Crippen molar-refractivity contribution in [1.29, 1.82) is 5.26 Å². The first-order chi connectivity index (χ1) is 6.15. The molecular formula is C10H7Cl2N. The van der Waals surface area contributed by atoms with Crippen LogP contribution in [0.25, 0.3) is 5.03 Å². The average molecular weight is 212 g/mol. The van der Waals surface area contributed by atoms with Crippen LogP contribution in [0.4, 0.5) is 0 Å². The molecule has 1 rings (SSSR count). The largest absolute Gasteiger partial charge is 0.193 e. The van der Waals surface area contributed by atoms with Crippen LogP contribution in [0.5, 0.6) is 0 Å². The third-order valence-corrected chi connectivity index (χ3v) is 2.35. The van der Waals surface area contributed by atoms with Gasteiger partial charge in [0.1, 0.15) is 0 Å². The standard InChI is InChI=1S/C10H7Cl2N/c1-7(6-13)10(12)8-2-4-9(11)5-3-8/h2-5H,1H3. The number of nitriles is 1. The Bertz CT molecular complexity index is 371. The topological polar surface area (TPSA) is 23.8 Å². The summed E-state index contributed by atoms with van der Waals surface area (Å²) in [5.74, 6) is 0. The second kappa shape index (κ2) is 4.32. The minimum Gasteiger partial charge on any atom is -0.193 e. The monoisotopic (exact) mass is 211 g/mol. The lowest BCUT2D eigenvalue weighted by Crippen LogP contribution is -1.79. The van der Waals surface area contributed by atoms with Gasteiger partial charge in [0, 0.05) is 10.6 Å². The molecular weight excluding hydrogens is 205 g/mol. The maximum Gasteiger partial charge on any atom is 0.0959 e. The zero-order valence-corrected chi connectivity index (χ0v) is 8.52. The van der Waals surface area contributed by atoms with E-state index >= 15 is 0 Å². The highest BCUT2D eigenvalue weighted by Gasteiger charge is 2.01. The van der Waals surface area contributed by atoms with E-state index < -0.39 is 0 Å². The van der Waals surface area contributed by atoms with Gasteiger partial charge in [-0.1, -0.05) is 35.3 Å². The molecule has 3 heteroatoms. The lowest BCUT2D eigenvalue weighted by atomic mass is 10.1. The maximum atomic E-state index is 8.60. The van der Waals surface area contributed by atoms with Crippen molar-refractivity contribution in [2.45, 2.75) is 6.92 Å². The molecule has 0 amide bonds. The van der Waals surface area contributed by atoms with Crippen LogP contribution in [0.2, 0.25) is 5.02 Å². The van der Waals surface area contributed by atoms with Crippen molar-refractivity contribution in [3.8, 4) is 6.07 Å². The third kappa shape index (κ3) is 2.48. The van der Waals surface area contributed by atoms with E-state index in [4.69, 9.17) is 28.5 Å². The Balaban J connectivity index is 3.12. The van der Waals surface area contributed by atoms with Crippen molar-refractivity contribution in [3.63, 3.8) is 0 Å². The van der Waals surface area contributed by atoms with Crippen molar-refractivity contribution >= 4 is 28.2 Å². The number of hydrogen-bond acceptors (Lipinski definition) is 1. The van der Waals surface area contributed by atoms with Crippen LogP contribution in [0.15, 0.2) is 29.8 Å². The van der Waals surface area contributed by atoms with Crippen molar-refractivity contribution in [2.24, 2.45) is 0 Å². The minimum absolute atomic E-state index is 0.471. The molecule has 0 atom stereocenters.